The predicted octanol–water partition coefficient (Wildman–Crippen LogP) is 1.13. The minimum Gasteiger partial charge on any atom is -0.494 e. The number of ether oxygens (including phenoxy) is 1. The van der Waals surface area contributed by atoms with Crippen LogP contribution in [0.5, 0.6) is 5.75 Å². The number of hydrogen-bond acceptors (Lipinski definition) is 5. The SMILES string of the molecule is Cc1cccc(OCCCC(=O)NNC(=O)CC2CCS(=O)(=O)C2)c1. The lowest BCUT2D eigenvalue weighted by Crippen LogP contribution is -2.42. The summed E-state index contributed by atoms with van der Waals surface area (Å²) in [6.07, 6.45) is 1.36. The molecule has 0 bridgehead atoms. The van der Waals surface area contributed by atoms with E-state index < -0.39 is 9.84 Å². The van der Waals surface area contributed by atoms with Gasteiger partial charge >= 0.3 is 0 Å². The molecular formula is C17H24N2O5S. The highest BCUT2D eigenvalue weighted by Gasteiger charge is 2.29. The smallest absolute Gasteiger partial charge is 0.238 e. The molecule has 2 N–H and O–H groups in total. The molecule has 1 saturated heterocycles. The van der Waals surface area contributed by atoms with E-state index in [2.05, 4.69) is 10.9 Å². The maximum absolute atomic E-state index is 11.7. The Morgan fingerprint density at radius 1 is 1.24 bits per heavy atom. The molecular weight excluding hydrogens is 344 g/mol. The van der Waals surface area contributed by atoms with Crippen molar-refractivity contribution >= 4 is 21.7 Å². The average molecular weight is 368 g/mol. The average Bonchev–Trinajstić information content (AvgIpc) is 2.88. The minimum atomic E-state index is -2.99. The fraction of sp³-hybridized carbons (Fsp3) is 0.529. The van der Waals surface area contributed by atoms with Crippen LogP contribution in [0.15, 0.2) is 24.3 Å². The van der Waals surface area contributed by atoms with Gasteiger partial charge in [0, 0.05) is 12.8 Å². The molecule has 0 aromatic heterocycles. The standard InChI is InChI=1S/C17H24N2O5S/c1-13-4-2-5-15(10-13)24-8-3-6-16(20)18-19-17(21)11-14-7-9-25(22,23)12-14/h2,4-5,10,14H,3,6-9,11-12H2,1H3,(H,18,20)(H,19,21). The van der Waals surface area contributed by atoms with E-state index in [-0.39, 0.29) is 42.1 Å². The Bertz CT molecular complexity index is 718. The van der Waals surface area contributed by atoms with Crippen molar-refractivity contribution in [3.63, 3.8) is 0 Å². The molecule has 0 aliphatic carbocycles. The summed E-state index contributed by atoms with van der Waals surface area (Å²) in [6.45, 7) is 2.38. The van der Waals surface area contributed by atoms with Gasteiger partial charge < -0.3 is 4.74 Å². The van der Waals surface area contributed by atoms with Gasteiger partial charge in [-0.25, -0.2) is 8.42 Å². The molecule has 0 radical (unpaired) electrons. The maximum atomic E-state index is 11.7. The van der Waals surface area contributed by atoms with E-state index in [1.54, 1.807) is 0 Å². The number of benzene rings is 1. The van der Waals surface area contributed by atoms with Crippen molar-refractivity contribution in [2.45, 2.75) is 32.6 Å². The third-order valence-electron chi connectivity index (χ3n) is 3.95. The molecule has 1 aliphatic rings. The number of carbonyl (C=O) groups is 2. The lowest BCUT2D eigenvalue weighted by Gasteiger charge is -2.10. The molecule has 1 unspecified atom stereocenters. The molecule has 1 aromatic carbocycles. The molecule has 2 amide bonds. The summed E-state index contributed by atoms with van der Waals surface area (Å²) in [6, 6.07) is 7.66. The molecule has 25 heavy (non-hydrogen) atoms. The fourth-order valence-corrected chi connectivity index (χ4v) is 4.54. The van der Waals surface area contributed by atoms with E-state index in [0.717, 1.165) is 11.3 Å². The second-order valence-corrected chi connectivity index (χ2v) is 8.57. The molecule has 2 rings (SSSR count). The van der Waals surface area contributed by atoms with Gasteiger partial charge in [-0.15, -0.1) is 0 Å². The predicted molar refractivity (Wildman–Crippen MR) is 93.6 cm³/mol. The number of hydrogen-bond donors (Lipinski definition) is 2. The van der Waals surface area contributed by atoms with Gasteiger partial charge in [0.05, 0.1) is 18.1 Å². The summed E-state index contributed by atoms with van der Waals surface area (Å²) in [5.74, 6) is 0.111. The Labute approximate surface area is 148 Å². The van der Waals surface area contributed by atoms with Gasteiger partial charge in [0.1, 0.15) is 5.75 Å². The molecule has 1 fully saturated rings. The van der Waals surface area contributed by atoms with Crippen molar-refractivity contribution in [3.05, 3.63) is 29.8 Å². The minimum absolute atomic E-state index is 0.0463. The van der Waals surface area contributed by atoms with Crippen LogP contribution in [-0.2, 0) is 19.4 Å². The molecule has 1 aromatic rings. The van der Waals surface area contributed by atoms with E-state index >= 15 is 0 Å². The maximum Gasteiger partial charge on any atom is 0.238 e. The highest BCUT2D eigenvalue weighted by atomic mass is 32.2. The van der Waals surface area contributed by atoms with Gasteiger partial charge in [0.2, 0.25) is 11.8 Å². The zero-order chi connectivity index (χ0) is 18.3. The van der Waals surface area contributed by atoms with Crippen molar-refractivity contribution in [1.82, 2.24) is 10.9 Å². The van der Waals surface area contributed by atoms with Crippen molar-refractivity contribution in [2.24, 2.45) is 5.92 Å². The number of rotatable bonds is 7. The van der Waals surface area contributed by atoms with Crippen LogP contribution in [0.2, 0.25) is 0 Å². The van der Waals surface area contributed by atoms with Crippen LogP contribution in [0, 0.1) is 12.8 Å². The summed E-state index contributed by atoms with van der Waals surface area (Å²) in [4.78, 5) is 23.4. The third-order valence-corrected chi connectivity index (χ3v) is 5.79. The van der Waals surface area contributed by atoms with Crippen LogP contribution in [0.1, 0.15) is 31.2 Å². The lowest BCUT2D eigenvalue weighted by molar-refractivity contribution is -0.129. The van der Waals surface area contributed by atoms with Gasteiger partial charge in [-0.1, -0.05) is 12.1 Å². The first kappa shape index (κ1) is 19.2. The van der Waals surface area contributed by atoms with Crippen LogP contribution in [0.4, 0.5) is 0 Å². The van der Waals surface area contributed by atoms with Crippen molar-refractivity contribution < 1.29 is 22.7 Å². The Kier molecular flexibility index (Phi) is 6.81. The topological polar surface area (TPSA) is 102 Å². The number of sulfone groups is 1. The Morgan fingerprint density at radius 3 is 2.68 bits per heavy atom. The monoisotopic (exact) mass is 368 g/mol. The third kappa shape index (κ3) is 7.13. The van der Waals surface area contributed by atoms with Crippen LogP contribution in [-0.4, -0.2) is 38.3 Å². The van der Waals surface area contributed by atoms with Crippen LogP contribution in [0.25, 0.3) is 0 Å². The van der Waals surface area contributed by atoms with Crippen LogP contribution < -0.4 is 15.6 Å². The van der Waals surface area contributed by atoms with Crippen molar-refractivity contribution in [1.29, 1.82) is 0 Å². The normalized spacial score (nSPS) is 18.5. The van der Waals surface area contributed by atoms with E-state index in [1.165, 1.54) is 0 Å². The molecule has 1 atom stereocenters. The second-order valence-electron chi connectivity index (χ2n) is 6.34. The molecule has 1 heterocycles. The second kappa shape index (κ2) is 8.84. The molecule has 0 spiro atoms. The number of hydrazine groups is 1. The molecule has 0 saturated carbocycles. The van der Waals surface area contributed by atoms with Gasteiger partial charge in [-0.3, -0.25) is 20.4 Å². The first-order valence-electron chi connectivity index (χ1n) is 8.31. The van der Waals surface area contributed by atoms with Gasteiger partial charge in [0.15, 0.2) is 9.84 Å². The highest BCUT2D eigenvalue weighted by molar-refractivity contribution is 7.91. The van der Waals surface area contributed by atoms with Crippen molar-refractivity contribution in [2.75, 3.05) is 18.1 Å². The Balaban J connectivity index is 1.57. The largest absolute Gasteiger partial charge is 0.494 e. The van der Waals surface area contributed by atoms with Gasteiger partial charge in [-0.05, 0) is 43.4 Å². The van der Waals surface area contributed by atoms with E-state index in [1.807, 2.05) is 31.2 Å². The Hall–Kier alpha value is -2.09. The summed E-state index contributed by atoms with van der Waals surface area (Å²) < 4.78 is 28.2. The number of nitrogens with one attached hydrogen (secondary N) is 2. The number of carbonyl (C=O) groups excluding carboxylic acids is 2. The fourth-order valence-electron chi connectivity index (χ4n) is 2.68. The van der Waals surface area contributed by atoms with Gasteiger partial charge in [0.25, 0.3) is 0 Å². The first-order chi connectivity index (χ1) is 11.8. The summed E-state index contributed by atoms with van der Waals surface area (Å²) in [5.41, 5.74) is 5.77. The number of aryl methyl sites for hydroxylation is 1. The van der Waals surface area contributed by atoms with E-state index in [4.69, 9.17) is 4.74 Å². The molecule has 138 valence electrons. The molecule has 8 heteroatoms. The van der Waals surface area contributed by atoms with Crippen LogP contribution in [0.3, 0.4) is 0 Å². The Morgan fingerprint density at radius 2 is 2.00 bits per heavy atom. The quantitative estimate of drug-likeness (QED) is 0.555. The summed E-state index contributed by atoms with van der Waals surface area (Å²) >= 11 is 0. The number of amides is 2. The summed E-state index contributed by atoms with van der Waals surface area (Å²) in [7, 11) is -2.99. The molecule has 1 aliphatic heterocycles. The van der Waals surface area contributed by atoms with Crippen LogP contribution >= 0.6 is 0 Å². The van der Waals surface area contributed by atoms with Gasteiger partial charge in [-0.2, -0.15) is 0 Å². The van der Waals surface area contributed by atoms with E-state index in [0.29, 0.717) is 19.4 Å². The zero-order valence-corrected chi connectivity index (χ0v) is 15.1. The molecule has 7 nitrogen and oxygen atoms in total. The lowest BCUT2D eigenvalue weighted by atomic mass is 10.1. The van der Waals surface area contributed by atoms with E-state index in [9.17, 15) is 18.0 Å². The van der Waals surface area contributed by atoms with Crippen molar-refractivity contribution in [3.8, 4) is 5.75 Å². The first-order valence-corrected chi connectivity index (χ1v) is 10.1. The zero-order valence-electron chi connectivity index (χ0n) is 14.3. The highest BCUT2D eigenvalue weighted by Crippen LogP contribution is 2.21. The summed E-state index contributed by atoms with van der Waals surface area (Å²) in [5, 5.41) is 0.